The van der Waals surface area contributed by atoms with Gasteiger partial charge in [0.25, 0.3) is 0 Å². The average Bonchev–Trinajstić information content (AvgIpc) is 2.10. The monoisotopic (exact) mass is 311 g/mol. The average molecular weight is 313 g/mol. The van der Waals surface area contributed by atoms with Crippen LogP contribution in [-0.4, -0.2) is 12.5 Å². The van der Waals surface area contributed by atoms with Crippen LogP contribution in [0.15, 0.2) is 22.7 Å². The van der Waals surface area contributed by atoms with Crippen LogP contribution >= 0.6 is 39.9 Å². The lowest BCUT2D eigenvalue weighted by molar-refractivity contribution is 0.854. The minimum Gasteiger partial charge on any atom is -0.370 e. The fraction of sp³-hybridized carbons (Fsp3) is 0.222. The lowest BCUT2D eigenvalue weighted by atomic mass is 10.1. The van der Waals surface area contributed by atoms with E-state index in [1.165, 1.54) is 0 Å². The van der Waals surface area contributed by atoms with Gasteiger partial charge in [-0.05, 0) is 40.0 Å². The molecule has 0 unspecified atom stereocenters. The molecule has 0 heterocycles. The fourth-order valence-electron chi connectivity index (χ4n) is 1.04. The van der Waals surface area contributed by atoms with Crippen LogP contribution in [0.4, 0.5) is 0 Å². The maximum Gasteiger partial charge on any atom is 0.185 e. The summed E-state index contributed by atoms with van der Waals surface area (Å²) in [5, 5.41) is 10.4. The van der Waals surface area contributed by atoms with Gasteiger partial charge in [-0.3, -0.25) is 5.41 Å². The maximum atomic E-state index is 6.97. The second-order valence-electron chi connectivity index (χ2n) is 2.84. The Kier molecular flexibility index (Phi) is 6.72. The first-order chi connectivity index (χ1) is 6.59. The number of nitrogens with one attached hydrogen (secondary N) is 2. The molecule has 0 aliphatic heterocycles. The van der Waals surface area contributed by atoms with Crippen molar-refractivity contribution >= 4 is 45.9 Å². The molecule has 0 bridgehead atoms. The summed E-state index contributed by atoms with van der Waals surface area (Å²) < 4.78 is 0.891. The van der Waals surface area contributed by atoms with Gasteiger partial charge in [-0.2, -0.15) is 0 Å². The zero-order valence-corrected chi connectivity index (χ0v) is 11.0. The minimum atomic E-state index is -0.00629. The van der Waals surface area contributed by atoms with Crippen molar-refractivity contribution < 1.29 is 0 Å². The van der Waals surface area contributed by atoms with Crippen LogP contribution in [0.25, 0.3) is 0 Å². The highest BCUT2D eigenvalue weighted by Crippen LogP contribution is 2.23. The Morgan fingerprint density at radius 2 is 2.20 bits per heavy atom. The van der Waals surface area contributed by atoms with E-state index in [-0.39, 0.29) is 18.4 Å². The molecule has 0 radical (unpaired) electrons. The molecule has 84 valence electrons. The molecule has 0 saturated heterocycles. The van der Waals surface area contributed by atoms with Crippen molar-refractivity contribution in [1.82, 2.24) is 5.32 Å². The van der Waals surface area contributed by atoms with Gasteiger partial charge in [0.15, 0.2) is 5.96 Å². The molecular weight excluding hydrogens is 301 g/mol. The van der Waals surface area contributed by atoms with E-state index in [0.717, 1.165) is 16.5 Å². The topological polar surface area (TPSA) is 61.9 Å². The first kappa shape index (κ1) is 14.6. The number of benzene rings is 1. The molecule has 6 heteroatoms. The highest BCUT2D eigenvalue weighted by molar-refractivity contribution is 9.10. The van der Waals surface area contributed by atoms with E-state index in [1.54, 1.807) is 0 Å². The van der Waals surface area contributed by atoms with Crippen molar-refractivity contribution in [2.45, 2.75) is 6.42 Å². The summed E-state index contributed by atoms with van der Waals surface area (Å²) in [6, 6.07) is 5.79. The normalized spacial score (nSPS) is 9.20. The molecule has 0 atom stereocenters. The van der Waals surface area contributed by atoms with Crippen LogP contribution in [-0.2, 0) is 6.42 Å². The Bertz CT molecular complexity index is 344. The summed E-state index contributed by atoms with van der Waals surface area (Å²) in [5.41, 5.74) is 6.27. The second-order valence-corrected chi connectivity index (χ2v) is 4.10. The maximum absolute atomic E-state index is 6.97. The van der Waals surface area contributed by atoms with Crippen molar-refractivity contribution in [3.63, 3.8) is 0 Å². The van der Waals surface area contributed by atoms with Crippen molar-refractivity contribution in [3.8, 4) is 0 Å². The van der Waals surface area contributed by atoms with E-state index in [4.69, 9.17) is 22.7 Å². The molecular formula is C9H12BrCl2N3. The van der Waals surface area contributed by atoms with Crippen molar-refractivity contribution in [2.24, 2.45) is 5.73 Å². The summed E-state index contributed by atoms with van der Waals surface area (Å²) in [6.07, 6.45) is 0.798. The molecule has 0 spiro atoms. The van der Waals surface area contributed by atoms with Gasteiger partial charge in [0.1, 0.15) is 0 Å². The summed E-state index contributed by atoms with van der Waals surface area (Å²) in [6.45, 7) is 0.646. The fourth-order valence-corrected chi connectivity index (χ4v) is 1.49. The van der Waals surface area contributed by atoms with E-state index in [0.29, 0.717) is 11.6 Å². The lowest BCUT2D eigenvalue weighted by Crippen LogP contribution is -2.31. The third-order valence-electron chi connectivity index (χ3n) is 1.71. The molecule has 3 nitrogen and oxygen atoms in total. The van der Waals surface area contributed by atoms with Crippen LogP contribution in [0.3, 0.4) is 0 Å². The predicted molar refractivity (Wildman–Crippen MR) is 70.0 cm³/mol. The third kappa shape index (κ3) is 5.25. The van der Waals surface area contributed by atoms with E-state index >= 15 is 0 Å². The Hall–Kier alpha value is -0.450. The molecule has 0 fully saturated rings. The van der Waals surface area contributed by atoms with Crippen molar-refractivity contribution in [2.75, 3.05) is 6.54 Å². The molecule has 0 aliphatic carbocycles. The smallest absolute Gasteiger partial charge is 0.185 e. The minimum absolute atomic E-state index is 0. The highest BCUT2D eigenvalue weighted by atomic mass is 79.9. The Morgan fingerprint density at radius 3 is 2.73 bits per heavy atom. The molecule has 0 aliphatic rings. The summed E-state index contributed by atoms with van der Waals surface area (Å²) in [4.78, 5) is 0. The molecule has 1 rings (SSSR count). The van der Waals surface area contributed by atoms with Gasteiger partial charge < -0.3 is 11.1 Å². The summed E-state index contributed by atoms with van der Waals surface area (Å²) in [5.74, 6) is -0.00629. The summed E-state index contributed by atoms with van der Waals surface area (Å²) in [7, 11) is 0. The number of hydrogen-bond donors (Lipinski definition) is 3. The zero-order chi connectivity index (χ0) is 10.6. The van der Waals surface area contributed by atoms with E-state index in [2.05, 4.69) is 21.2 Å². The van der Waals surface area contributed by atoms with Gasteiger partial charge in [-0.25, -0.2) is 0 Å². The third-order valence-corrected chi connectivity index (χ3v) is 2.95. The van der Waals surface area contributed by atoms with Crippen LogP contribution in [0.5, 0.6) is 0 Å². The van der Waals surface area contributed by atoms with Gasteiger partial charge in [-0.1, -0.05) is 17.7 Å². The van der Waals surface area contributed by atoms with E-state index in [9.17, 15) is 0 Å². The second kappa shape index (κ2) is 6.93. The molecule has 0 amide bonds. The standard InChI is InChI=1S/C9H11BrClN3.ClH/c10-7-2-1-6(5-8(7)11)3-4-14-9(12)13;/h1-2,5H,3-4H2,(H4,12,13,14);1H. The number of nitrogens with two attached hydrogens (primary N) is 1. The van der Waals surface area contributed by atoms with Crippen LogP contribution in [0, 0.1) is 5.41 Å². The Balaban J connectivity index is 0.00000196. The molecule has 1 aromatic carbocycles. The molecule has 1 aromatic rings. The molecule has 0 saturated carbocycles. The first-order valence-corrected chi connectivity index (χ1v) is 5.28. The first-order valence-electron chi connectivity index (χ1n) is 4.11. The molecule has 15 heavy (non-hydrogen) atoms. The number of halogens is 3. The SMILES string of the molecule is Cl.N=C(N)NCCc1ccc(Br)c(Cl)c1. The Morgan fingerprint density at radius 1 is 1.53 bits per heavy atom. The predicted octanol–water partition coefficient (Wildman–Crippen LogP) is 2.55. The van der Waals surface area contributed by atoms with Gasteiger partial charge >= 0.3 is 0 Å². The zero-order valence-electron chi connectivity index (χ0n) is 7.89. The number of rotatable bonds is 3. The van der Waals surface area contributed by atoms with Gasteiger partial charge in [0.2, 0.25) is 0 Å². The van der Waals surface area contributed by atoms with Gasteiger partial charge in [-0.15, -0.1) is 12.4 Å². The molecule has 0 aromatic heterocycles. The van der Waals surface area contributed by atoms with Gasteiger partial charge in [0, 0.05) is 11.0 Å². The van der Waals surface area contributed by atoms with Crippen LogP contribution in [0.2, 0.25) is 5.02 Å². The number of guanidine groups is 1. The van der Waals surface area contributed by atoms with Crippen molar-refractivity contribution in [3.05, 3.63) is 33.3 Å². The van der Waals surface area contributed by atoms with Crippen LogP contribution in [0.1, 0.15) is 5.56 Å². The Labute approximate surface area is 108 Å². The van der Waals surface area contributed by atoms with Crippen molar-refractivity contribution in [1.29, 1.82) is 5.41 Å². The van der Waals surface area contributed by atoms with E-state index < -0.39 is 0 Å². The van der Waals surface area contributed by atoms with Gasteiger partial charge in [0.05, 0.1) is 5.02 Å². The van der Waals surface area contributed by atoms with E-state index in [1.807, 2.05) is 18.2 Å². The molecule has 4 N–H and O–H groups in total. The summed E-state index contributed by atoms with van der Waals surface area (Å²) >= 11 is 9.24. The highest BCUT2D eigenvalue weighted by Gasteiger charge is 1.98. The largest absolute Gasteiger partial charge is 0.370 e. The quantitative estimate of drug-likeness (QED) is 0.593. The van der Waals surface area contributed by atoms with Crippen LogP contribution < -0.4 is 11.1 Å². The number of hydrogen-bond acceptors (Lipinski definition) is 1. The lowest BCUT2D eigenvalue weighted by Gasteiger charge is -2.04.